The Morgan fingerprint density at radius 2 is 2.05 bits per heavy atom. The Morgan fingerprint density at radius 3 is 2.76 bits per heavy atom. The molecule has 1 aliphatic heterocycles. The standard InChI is InChI=1S/C22H29ClN4O8P2/c1-27(16-7-6-13-4-2-3-5-14(13)16)17-8-20(23)25-22(15(17)10-24)26-21-9-18(28)19(35-21)11-34-37(32,33)12-36(29,30)31/h2-5,8,10,16,18-19,21,24,28H,6-7,9,11-12H2,1H3,(H,25,26)(H,32,33)(H2,29,30,31). The van der Waals surface area contributed by atoms with Gasteiger partial charge in [0.25, 0.3) is 0 Å². The number of hydrogen-bond donors (Lipinski definition) is 6. The first-order valence-electron chi connectivity index (χ1n) is 11.5. The summed E-state index contributed by atoms with van der Waals surface area (Å²) in [5.41, 5.74) is 3.66. The van der Waals surface area contributed by atoms with E-state index in [0.717, 1.165) is 19.1 Å². The van der Waals surface area contributed by atoms with Crippen LogP contribution < -0.4 is 10.2 Å². The van der Waals surface area contributed by atoms with Crippen molar-refractivity contribution in [3.8, 4) is 0 Å². The molecule has 5 unspecified atom stereocenters. The van der Waals surface area contributed by atoms with Crippen LogP contribution in [0.4, 0.5) is 11.5 Å². The van der Waals surface area contributed by atoms with Crippen LogP contribution in [0.1, 0.15) is 35.6 Å². The van der Waals surface area contributed by atoms with Crippen LogP contribution in [-0.2, 0) is 24.8 Å². The van der Waals surface area contributed by atoms with Crippen molar-refractivity contribution < 1.29 is 38.2 Å². The van der Waals surface area contributed by atoms with Gasteiger partial charge in [-0.05, 0) is 30.0 Å². The molecule has 12 nitrogen and oxygen atoms in total. The number of aryl methyl sites for hydroxylation is 1. The van der Waals surface area contributed by atoms with Crippen molar-refractivity contribution in [2.75, 3.05) is 29.8 Å². The molecule has 6 N–H and O–H groups in total. The van der Waals surface area contributed by atoms with Gasteiger partial charge in [0.05, 0.1) is 30.0 Å². The van der Waals surface area contributed by atoms with Gasteiger partial charge in [-0.3, -0.25) is 9.13 Å². The van der Waals surface area contributed by atoms with Crippen molar-refractivity contribution in [3.05, 3.63) is 52.2 Å². The molecule has 1 aromatic heterocycles. The summed E-state index contributed by atoms with van der Waals surface area (Å²) in [5.74, 6) is -1.06. The highest BCUT2D eigenvalue weighted by Gasteiger charge is 2.38. The second-order valence-corrected chi connectivity index (χ2v) is 13.5. The van der Waals surface area contributed by atoms with E-state index in [-0.39, 0.29) is 23.4 Å². The minimum Gasteiger partial charge on any atom is -0.390 e. The summed E-state index contributed by atoms with van der Waals surface area (Å²) in [4.78, 5) is 33.9. The summed E-state index contributed by atoms with van der Waals surface area (Å²) >= 11 is 6.34. The third-order valence-corrected chi connectivity index (χ3v) is 10.1. The number of anilines is 2. The first kappa shape index (κ1) is 28.2. The van der Waals surface area contributed by atoms with Gasteiger partial charge in [0, 0.05) is 19.7 Å². The molecular weight excluding hydrogens is 546 g/mol. The summed E-state index contributed by atoms with van der Waals surface area (Å²) in [6, 6.07) is 10.00. The van der Waals surface area contributed by atoms with Crippen molar-refractivity contribution in [1.82, 2.24) is 4.98 Å². The summed E-state index contributed by atoms with van der Waals surface area (Å²) in [5, 5.41) is 21.6. The molecular formula is C22H29ClN4O8P2. The average Bonchev–Trinajstić information content (AvgIpc) is 3.38. The molecule has 0 radical (unpaired) electrons. The Bertz CT molecular complexity index is 1260. The molecule has 1 aromatic carbocycles. The largest absolute Gasteiger partial charge is 0.390 e. The number of aliphatic hydroxyl groups is 1. The van der Waals surface area contributed by atoms with E-state index in [1.807, 2.05) is 19.2 Å². The van der Waals surface area contributed by atoms with Gasteiger partial charge < -0.3 is 44.7 Å². The Hall–Kier alpha value is -1.85. The van der Waals surface area contributed by atoms with Crippen LogP contribution in [0.2, 0.25) is 5.15 Å². The number of rotatable bonds is 10. The van der Waals surface area contributed by atoms with Gasteiger partial charge in [0.15, 0.2) is 5.90 Å². The summed E-state index contributed by atoms with van der Waals surface area (Å²) in [6.45, 7) is -0.553. The molecule has 1 saturated heterocycles. The lowest BCUT2D eigenvalue weighted by atomic mass is 10.1. The third-order valence-electron chi connectivity index (χ3n) is 6.42. The van der Waals surface area contributed by atoms with E-state index in [0.29, 0.717) is 11.3 Å². The van der Waals surface area contributed by atoms with Crippen LogP contribution in [-0.4, -0.2) is 69.0 Å². The van der Waals surface area contributed by atoms with Gasteiger partial charge in [0.1, 0.15) is 23.3 Å². The van der Waals surface area contributed by atoms with E-state index in [9.17, 15) is 19.1 Å². The van der Waals surface area contributed by atoms with E-state index in [1.54, 1.807) is 6.07 Å². The lowest BCUT2D eigenvalue weighted by molar-refractivity contribution is -0.0106. The first-order chi connectivity index (χ1) is 17.4. The molecule has 15 heteroatoms. The van der Waals surface area contributed by atoms with E-state index < -0.39 is 46.1 Å². The van der Waals surface area contributed by atoms with Crippen molar-refractivity contribution in [2.24, 2.45) is 0 Å². The van der Waals surface area contributed by atoms with Crippen LogP contribution in [0.15, 0.2) is 30.3 Å². The SMILES string of the molecule is CN(c1cc(Cl)nc(NC2CC(O)C(COP(=O)(O)CP(=O)(O)O)O2)c1C=N)C1CCc2ccccc21. The second-order valence-electron chi connectivity index (χ2n) is 9.08. The fourth-order valence-corrected chi connectivity index (χ4v) is 7.50. The number of pyridine rings is 1. The van der Waals surface area contributed by atoms with Gasteiger partial charge in [-0.1, -0.05) is 35.9 Å². The van der Waals surface area contributed by atoms with Gasteiger partial charge in [-0.2, -0.15) is 0 Å². The maximum absolute atomic E-state index is 11.9. The maximum Gasteiger partial charge on any atom is 0.340 e. The Kier molecular flexibility index (Phi) is 8.45. The predicted octanol–water partition coefficient (Wildman–Crippen LogP) is 3.08. The normalized spacial score (nSPS) is 24.9. The minimum absolute atomic E-state index is 0.0645. The number of nitrogens with one attached hydrogen (secondary N) is 2. The zero-order valence-electron chi connectivity index (χ0n) is 19.9. The lowest BCUT2D eigenvalue weighted by Crippen LogP contribution is -2.27. The highest BCUT2D eigenvalue weighted by atomic mass is 35.5. The number of nitrogens with zero attached hydrogens (tertiary/aromatic N) is 2. The van der Waals surface area contributed by atoms with Gasteiger partial charge in [-0.15, -0.1) is 0 Å². The lowest BCUT2D eigenvalue weighted by Gasteiger charge is -2.30. The average molecular weight is 575 g/mol. The Balaban J connectivity index is 1.48. The van der Waals surface area contributed by atoms with Crippen molar-refractivity contribution in [2.45, 2.75) is 43.7 Å². The fourth-order valence-electron chi connectivity index (χ4n) is 4.75. The quantitative estimate of drug-likeness (QED) is 0.139. The molecule has 0 bridgehead atoms. The van der Waals surface area contributed by atoms with E-state index in [4.69, 9.17) is 36.1 Å². The molecule has 37 heavy (non-hydrogen) atoms. The third kappa shape index (κ3) is 6.78. The number of ether oxygens (including phenoxy) is 1. The number of fused-ring (bicyclic) bond motifs is 1. The molecule has 4 rings (SSSR count). The summed E-state index contributed by atoms with van der Waals surface area (Å²) in [6.07, 6.45) is 0.164. The summed E-state index contributed by atoms with van der Waals surface area (Å²) in [7, 11) is -7.43. The monoisotopic (exact) mass is 574 g/mol. The molecule has 2 aliphatic rings. The van der Waals surface area contributed by atoms with E-state index >= 15 is 0 Å². The first-order valence-corrected chi connectivity index (χ1v) is 15.4. The van der Waals surface area contributed by atoms with Crippen molar-refractivity contribution in [3.63, 3.8) is 0 Å². The van der Waals surface area contributed by atoms with Crippen LogP contribution in [0, 0.1) is 5.41 Å². The topological polar surface area (TPSA) is 186 Å². The molecule has 0 amide bonds. The zero-order chi connectivity index (χ0) is 27.0. The molecule has 1 aliphatic carbocycles. The van der Waals surface area contributed by atoms with Crippen LogP contribution >= 0.6 is 26.8 Å². The number of aliphatic hydroxyl groups excluding tert-OH is 1. The smallest absolute Gasteiger partial charge is 0.340 e. The van der Waals surface area contributed by atoms with E-state index in [2.05, 4.69) is 27.3 Å². The molecule has 2 heterocycles. The molecule has 202 valence electrons. The van der Waals surface area contributed by atoms with Crippen molar-refractivity contribution in [1.29, 1.82) is 5.41 Å². The van der Waals surface area contributed by atoms with Gasteiger partial charge >= 0.3 is 15.2 Å². The number of hydrogen-bond acceptors (Lipinski definition) is 9. The van der Waals surface area contributed by atoms with Crippen LogP contribution in [0.3, 0.4) is 0 Å². The second kappa shape index (κ2) is 11.1. The van der Waals surface area contributed by atoms with Gasteiger partial charge in [0.2, 0.25) is 0 Å². The van der Waals surface area contributed by atoms with Crippen LogP contribution in [0.25, 0.3) is 0 Å². The zero-order valence-corrected chi connectivity index (χ0v) is 22.4. The molecule has 1 fully saturated rings. The molecule has 2 aromatic rings. The number of aromatic nitrogens is 1. The molecule has 0 spiro atoms. The minimum atomic E-state index is -4.77. The number of benzene rings is 1. The van der Waals surface area contributed by atoms with E-state index in [1.165, 1.54) is 11.1 Å². The number of halogens is 1. The van der Waals surface area contributed by atoms with Crippen LogP contribution in [0.5, 0.6) is 0 Å². The highest BCUT2D eigenvalue weighted by molar-refractivity contribution is 7.70. The Labute approximate surface area is 218 Å². The predicted molar refractivity (Wildman–Crippen MR) is 139 cm³/mol. The molecule has 0 saturated carbocycles. The highest BCUT2D eigenvalue weighted by Crippen LogP contribution is 2.55. The van der Waals surface area contributed by atoms with Crippen molar-refractivity contribution >= 4 is 44.5 Å². The van der Waals surface area contributed by atoms with Gasteiger partial charge in [-0.25, -0.2) is 4.98 Å². The Morgan fingerprint density at radius 1 is 1.32 bits per heavy atom. The fraction of sp³-hybridized carbons (Fsp3) is 0.455. The summed E-state index contributed by atoms with van der Waals surface area (Å²) < 4.78 is 33.4. The molecule has 5 atom stereocenters. The maximum atomic E-state index is 11.9.